The van der Waals surface area contributed by atoms with E-state index in [4.69, 9.17) is 15.7 Å². The molecule has 1 fully saturated rings. The molecule has 1 amide bonds. The van der Waals surface area contributed by atoms with Crippen molar-refractivity contribution in [2.24, 2.45) is 16.3 Å². The average molecular weight is 285 g/mol. The van der Waals surface area contributed by atoms with Crippen molar-refractivity contribution in [3.8, 4) is 0 Å². The molecule has 1 saturated carbocycles. The van der Waals surface area contributed by atoms with Gasteiger partial charge in [0, 0.05) is 19.8 Å². The lowest BCUT2D eigenvalue weighted by molar-refractivity contribution is -0.128. The minimum Gasteiger partial charge on any atom is -0.409 e. The van der Waals surface area contributed by atoms with E-state index >= 15 is 0 Å². The van der Waals surface area contributed by atoms with Crippen molar-refractivity contribution in [1.29, 1.82) is 0 Å². The summed E-state index contributed by atoms with van der Waals surface area (Å²) >= 11 is 0. The maximum Gasteiger partial charge on any atom is 0.233 e. The third-order valence-corrected chi connectivity index (χ3v) is 3.94. The summed E-state index contributed by atoms with van der Waals surface area (Å²) in [6, 6.07) is 0. The monoisotopic (exact) mass is 285 g/mol. The van der Waals surface area contributed by atoms with E-state index in [1.54, 1.807) is 0 Å². The summed E-state index contributed by atoms with van der Waals surface area (Å²) in [6.45, 7) is 3.81. The van der Waals surface area contributed by atoms with Crippen LogP contribution in [-0.4, -0.2) is 36.7 Å². The van der Waals surface area contributed by atoms with Crippen LogP contribution in [0.2, 0.25) is 0 Å². The second-order valence-electron chi connectivity index (χ2n) is 5.29. The van der Waals surface area contributed by atoms with Crippen molar-refractivity contribution in [2.75, 3.05) is 19.8 Å². The van der Waals surface area contributed by atoms with Gasteiger partial charge in [0.2, 0.25) is 5.91 Å². The van der Waals surface area contributed by atoms with Gasteiger partial charge in [0.25, 0.3) is 0 Å². The lowest BCUT2D eigenvalue weighted by Gasteiger charge is -2.29. The summed E-state index contributed by atoms with van der Waals surface area (Å²) < 4.78 is 5.23. The molecule has 1 aliphatic carbocycles. The van der Waals surface area contributed by atoms with Crippen LogP contribution in [0.15, 0.2) is 5.16 Å². The Morgan fingerprint density at radius 2 is 2.00 bits per heavy atom. The highest BCUT2D eigenvalue weighted by Gasteiger charge is 2.42. The Kier molecular flexibility index (Phi) is 7.36. The van der Waals surface area contributed by atoms with Crippen LogP contribution in [0.1, 0.15) is 51.9 Å². The van der Waals surface area contributed by atoms with E-state index in [0.717, 1.165) is 32.1 Å². The maximum absolute atomic E-state index is 12.5. The lowest BCUT2D eigenvalue weighted by Crippen LogP contribution is -2.50. The van der Waals surface area contributed by atoms with E-state index in [1.807, 2.05) is 6.92 Å². The third kappa shape index (κ3) is 4.37. The third-order valence-electron chi connectivity index (χ3n) is 3.94. The van der Waals surface area contributed by atoms with Gasteiger partial charge in [-0.15, -0.1) is 0 Å². The van der Waals surface area contributed by atoms with E-state index in [0.29, 0.717) is 32.6 Å². The van der Waals surface area contributed by atoms with Gasteiger partial charge in [0.05, 0.1) is 0 Å². The second kappa shape index (κ2) is 8.79. The highest BCUT2D eigenvalue weighted by molar-refractivity contribution is 6.06. The number of nitrogens with one attached hydrogen (secondary N) is 1. The molecule has 0 aromatic carbocycles. The predicted octanol–water partition coefficient (Wildman–Crippen LogP) is 1.62. The van der Waals surface area contributed by atoms with Crippen LogP contribution < -0.4 is 11.1 Å². The smallest absolute Gasteiger partial charge is 0.233 e. The molecule has 0 aliphatic heterocycles. The number of amides is 1. The molecule has 6 nitrogen and oxygen atoms in total. The van der Waals surface area contributed by atoms with Gasteiger partial charge < -0.3 is 21.0 Å². The molecule has 1 rings (SSSR count). The summed E-state index contributed by atoms with van der Waals surface area (Å²) in [5.74, 6) is -0.0760. The number of oxime groups is 1. The van der Waals surface area contributed by atoms with E-state index in [1.165, 1.54) is 0 Å². The first-order valence-electron chi connectivity index (χ1n) is 7.51. The number of ether oxygens (including phenoxy) is 1. The molecule has 116 valence electrons. The van der Waals surface area contributed by atoms with Crippen molar-refractivity contribution in [1.82, 2.24) is 5.32 Å². The maximum atomic E-state index is 12.5. The van der Waals surface area contributed by atoms with Crippen molar-refractivity contribution in [3.05, 3.63) is 0 Å². The molecule has 0 unspecified atom stereocenters. The SMILES string of the molecule is CCOCCCNC(=O)C1(C(N)=NO)CCCCCC1. The molecule has 20 heavy (non-hydrogen) atoms. The molecule has 0 spiro atoms. The van der Waals surface area contributed by atoms with Crippen molar-refractivity contribution < 1.29 is 14.7 Å². The first-order valence-corrected chi connectivity index (χ1v) is 7.51. The molecule has 0 aromatic heterocycles. The number of rotatable bonds is 7. The van der Waals surface area contributed by atoms with E-state index in [-0.39, 0.29) is 11.7 Å². The number of hydrogen-bond acceptors (Lipinski definition) is 4. The molecule has 1 aliphatic rings. The second-order valence-corrected chi connectivity index (χ2v) is 5.29. The number of amidine groups is 1. The largest absolute Gasteiger partial charge is 0.409 e. The van der Waals surface area contributed by atoms with Crippen LogP contribution in [0.25, 0.3) is 0 Å². The molecular weight excluding hydrogens is 258 g/mol. The number of nitrogens with zero attached hydrogens (tertiary/aromatic N) is 1. The van der Waals surface area contributed by atoms with E-state index in [9.17, 15) is 4.79 Å². The first kappa shape index (κ1) is 16.8. The molecule has 0 radical (unpaired) electrons. The minimum absolute atomic E-state index is 0.0432. The standard InChI is InChI=1S/C14H27N3O3/c1-2-20-11-7-10-16-13(18)14(12(15)17-19)8-5-3-4-6-9-14/h19H,2-11H2,1H3,(H2,15,17)(H,16,18). The molecule has 0 atom stereocenters. The Hall–Kier alpha value is -1.30. The van der Waals surface area contributed by atoms with E-state index < -0.39 is 5.41 Å². The number of carbonyl (C=O) groups excluding carboxylic acids is 1. The predicted molar refractivity (Wildman–Crippen MR) is 77.7 cm³/mol. The quantitative estimate of drug-likeness (QED) is 0.165. The zero-order chi connectivity index (χ0) is 14.8. The fourth-order valence-electron chi connectivity index (χ4n) is 2.72. The van der Waals surface area contributed by atoms with Gasteiger partial charge in [0.1, 0.15) is 5.41 Å². The minimum atomic E-state index is -0.836. The number of hydrogen-bond donors (Lipinski definition) is 3. The van der Waals surface area contributed by atoms with Gasteiger partial charge in [-0.3, -0.25) is 4.79 Å². The number of nitrogens with two attached hydrogens (primary N) is 1. The molecule has 6 heteroatoms. The fraction of sp³-hybridized carbons (Fsp3) is 0.857. The Balaban J connectivity index is 2.60. The van der Waals surface area contributed by atoms with Crippen molar-refractivity contribution in [3.63, 3.8) is 0 Å². The summed E-state index contributed by atoms with van der Waals surface area (Å²) in [5.41, 5.74) is 4.98. The molecular formula is C14H27N3O3. The van der Waals surface area contributed by atoms with Crippen molar-refractivity contribution >= 4 is 11.7 Å². The van der Waals surface area contributed by atoms with Crippen LogP contribution >= 0.6 is 0 Å². The topological polar surface area (TPSA) is 96.9 Å². The van der Waals surface area contributed by atoms with Crippen molar-refractivity contribution in [2.45, 2.75) is 51.9 Å². The Labute approximate surface area is 120 Å². The summed E-state index contributed by atoms with van der Waals surface area (Å²) in [7, 11) is 0. The highest BCUT2D eigenvalue weighted by atomic mass is 16.5. The Bertz CT molecular complexity index is 324. The van der Waals surface area contributed by atoms with Gasteiger partial charge in [-0.05, 0) is 26.2 Å². The van der Waals surface area contributed by atoms with Crippen LogP contribution in [0.5, 0.6) is 0 Å². The van der Waals surface area contributed by atoms with Gasteiger partial charge in [-0.1, -0.05) is 30.8 Å². The molecule has 0 aromatic rings. The van der Waals surface area contributed by atoms with Gasteiger partial charge in [0.15, 0.2) is 5.84 Å². The highest BCUT2D eigenvalue weighted by Crippen LogP contribution is 2.35. The van der Waals surface area contributed by atoms with Gasteiger partial charge >= 0.3 is 0 Å². The summed E-state index contributed by atoms with van der Waals surface area (Å²) in [5, 5.41) is 15.0. The zero-order valence-corrected chi connectivity index (χ0v) is 12.4. The van der Waals surface area contributed by atoms with Crippen LogP contribution in [0.3, 0.4) is 0 Å². The van der Waals surface area contributed by atoms with Gasteiger partial charge in [-0.2, -0.15) is 0 Å². The number of carbonyl (C=O) groups is 1. The van der Waals surface area contributed by atoms with E-state index in [2.05, 4.69) is 10.5 Å². The lowest BCUT2D eigenvalue weighted by atomic mass is 9.78. The Morgan fingerprint density at radius 3 is 2.55 bits per heavy atom. The molecule has 4 N–H and O–H groups in total. The Morgan fingerprint density at radius 1 is 1.35 bits per heavy atom. The fourth-order valence-corrected chi connectivity index (χ4v) is 2.72. The normalized spacial score (nSPS) is 19.4. The molecule has 0 saturated heterocycles. The average Bonchev–Trinajstić information content (AvgIpc) is 2.72. The van der Waals surface area contributed by atoms with Gasteiger partial charge in [-0.25, -0.2) is 0 Å². The summed E-state index contributed by atoms with van der Waals surface area (Å²) in [6.07, 6.45) is 6.13. The molecule has 0 heterocycles. The van der Waals surface area contributed by atoms with Crippen LogP contribution in [0, 0.1) is 5.41 Å². The first-order chi connectivity index (χ1) is 9.67. The van der Waals surface area contributed by atoms with Crippen LogP contribution in [0.4, 0.5) is 0 Å². The van der Waals surface area contributed by atoms with Crippen LogP contribution in [-0.2, 0) is 9.53 Å². The zero-order valence-electron chi connectivity index (χ0n) is 12.4. The summed E-state index contributed by atoms with van der Waals surface area (Å²) in [4.78, 5) is 12.5. The molecule has 0 bridgehead atoms.